The predicted molar refractivity (Wildman–Crippen MR) is 127 cm³/mol. The number of carbonyl (C=O) groups is 1. The first-order valence-corrected chi connectivity index (χ1v) is 11.8. The molecule has 0 spiro atoms. The molecule has 1 amide bonds. The summed E-state index contributed by atoms with van der Waals surface area (Å²) in [5.74, 6) is 1.89. The number of hydrogen-bond acceptors (Lipinski definition) is 3. The Labute approximate surface area is 189 Å². The van der Waals surface area contributed by atoms with Gasteiger partial charge in [-0.3, -0.25) is 10.1 Å². The summed E-state index contributed by atoms with van der Waals surface area (Å²) in [5.41, 5.74) is 0.909. The largest absolute Gasteiger partial charge is 0.492 e. The summed E-state index contributed by atoms with van der Waals surface area (Å²) in [5, 5.41) is 6.53. The van der Waals surface area contributed by atoms with E-state index in [1.807, 2.05) is 6.07 Å². The molecule has 29 heavy (non-hydrogen) atoms. The lowest BCUT2D eigenvalue weighted by Gasteiger charge is -2.37. The summed E-state index contributed by atoms with van der Waals surface area (Å²) in [4.78, 5) is 12.5. The highest BCUT2D eigenvalue weighted by Crippen LogP contribution is 2.37. The molecule has 1 aliphatic rings. The fourth-order valence-electron chi connectivity index (χ4n) is 3.66. The maximum Gasteiger partial charge on any atom is 0.257 e. The monoisotopic (exact) mass is 482 g/mol. The SMILES string of the molecule is CC(C)CCOc1ccc(C(=O)NC(=S)NC2CCC(C(C)(C)C)CC2)cc1Br. The molecule has 0 aliphatic heterocycles. The number of halogens is 1. The van der Waals surface area contributed by atoms with Crippen LogP contribution in [0.15, 0.2) is 22.7 Å². The van der Waals surface area contributed by atoms with Crippen molar-refractivity contribution in [2.75, 3.05) is 6.61 Å². The van der Waals surface area contributed by atoms with Gasteiger partial charge in [-0.25, -0.2) is 0 Å². The van der Waals surface area contributed by atoms with Gasteiger partial charge in [-0.2, -0.15) is 0 Å². The van der Waals surface area contributed by atoms with E-state index < -0.39 is 0 Å². The molecular weight excluding hydrogens is 448 g/mol. The normalized spacial score (nSPS) is 19.7. The van der Waals surface area contributed by atoms with E-state index in [0.29, 0.717) is 34.7 Å². The molecule has 1 aliphatic carbocycles. The number of amides is 1. The Balaban J connectivity index is 1.82. The lowest BCUT2D eigenvalue weighted by Crippen LogP contribution is -2.46. The molecule has 1 aromatic carbocycles. The number of hydrogen-bond donors (Lipinski definition) is 2. The zero-order valence-corrected chi connectivity index (χ0v) is 20.7. The van der Waals surface area contributed by atoms with Crippen LogP contribution in [-0.2, 0) is 0 Å². The number of benzene rings is 1. The summed E-state index contributed by atoms with van der Waals surface area (Å²) < 4.78 is 6.55. The third-order valence-corrected chi connectivity index (χ3v) is 6.50. The maximum atomic E-state index is 12.5. The van der Waals surface area contributed by atoms with E-state index in [1.165, 1.54) is 12.8 Å². The third-order valence-electron chi connectivity index (χ3n) is 5.66. The van der Waals surface area contributed by atoms with Crippen molar-refractivity contribution in [1.29, 1.82) is 0 Å². The van der Waals surface area contributed by atoms with E-state index in [2.05, 4.69) is 61.2 Å². The van der Waals surface area contributed by atoms with Crippen LogP contribution in [0.1, 0.15) is 77.1 Å². The van der Waals surface area contributed by atoms with Crippen molar-refractivity contribution in [3.63, 3.8) is 0 Å². The minimum Gasteiger partial charge on any atom is -0.492 e. The molecule has 0 bridgehead atoms. The molecule has 0 atom stereocenters. The summed E-state index contributed by atoms with van der Waals surface area (Å²) in [6.07, 6.45) is 5.57. The molecule has 1 fully saturated rings. The average Bonchev–Trinajstić information content (AvgIpc) is 2.62. The second kappa shape index (κ2) is 10.8. The fourth-order valence-corrected chi connectivity index (χ4v) is 4.42. The first-order chi connectivity index (χ1) is 13.6. The van der Waals surface area contributed by atoms with Crippen LogP contribution in [0.5, 0.6) is 5.75 Å². The second-order valence-electron chi connectivity index (χ2n) is 9.52. The Bertz CT molecular complexity index is 707. The van der Waals surface area contributed by atoms with Crippen molar-refractivity contribution in [3.8, 4) is 5.75 Å². The second-order valence-corrected chi connectivity index (χ2v) is 10.8. The Morgan fingerprint density at radius 3 is 2.45 bits per heavy atom. The van der Waals surface area contributed by atoms with Crippen molar-refractivity contribution in [3.05, 3.63) is 28.2 Å². The van der Waals surface area contributed by atoms with Crippen molar-refractivity contribution in [2.45, 2.75) is 72.8 Å². The first-order valence-electron chi connectivity index (χ1n) is 10.6. The van der Waals surface area contributed by atoms with E-state index in [-0.39, 0.29) is 5.91 Å². The molecule has 0 unspecified atom stereocenters. The van der Waals surface area contributed by atoms with E-state index in [4.69, 9.17) is 17.0 Å². The van der Waals surface area contributed by atoms with E-state index >= 15 is 0 Å². The van der Waals surface area contributed by atoms with Crippen LogP contribution in [0.2, 0.25) is 0 Å². The van der Waals surface area contributed by atoms with Crippen LogP contribution in [0, 0.1) is 17.3 Å². The molecule has 162 valence electrons. The molecule has 6 heteroatoms. The van der Waals surface area contributed by atoms with Gasteiger partial charge in [0.2, 0.25) is 0 Å². The average molecular weight is 484 g/mol. The van der Waals surface area contributed by atoms with Crippen molar-refractivity contribution >= 4 is 39.2 Å². The first kappa shape index (κ1) is 24.1. The number of carbonyl (C=O) groups excluding carboxylic acids is 1. The number of ether oxygens (including phenoxy) is 1. The Kier molecular flexibility index (Phi) is 8.95. The standard InChI is InChI=1S/C23H35BrN2O2S/c1-15(2)12-13-28-20-11-6-16(14-19(20)24)21(27)26-22(29)25-18-9-7-17(8-10-18)23(3,4)5/h6,11,14-15,17-18H,7-10,12-13H2,1-5H3,(H2,25,26,27,29). The summed E-state index contributed by atoms with van der Waals surface area (Å²) in [6, 6.07) is 5.70. The van der Waals surface area contributed by atoms with E-state index in [9.17, 15) is 4.79 Å². The van der Waals surface area contributed by atoms with Gasteiger partial charge in [0.1, 0.15) is 5.75 Å². The van der Waals surface area contributed by atoms with Gasteiger partial charge in [0.05, 0.1) is 11.1 Å². The highest BCUT2D eigenvalue weighted by atomic mass is 79.9. The Morgan fingerprint density at radius 2 is 1.90 bits per heavy atom. The third kappa shape index (κ3) is 7.89. The molecule has 0 heterocycles. The summed E-state index contributed by atoms with van der Waals surface area (Å²) in [6.45, 7) is 11.9. The Morgan fingerprint density at radius 1 is 1.24 bits per heavy atom. The van der Waals surface area contributed by atoms with Gasteiger partial charge in [-0.15, -0.1) is 0 Å². The van der Waals surface area contributed by atoms with E-state index in [0.717, 1.165) is 35.4 Å². The molecule has 4 nitrogen and oxygen atoms in total. The summed E-state index contributed by atoms with van der Waals surface area (Å²) in [7, 11) is 0. The summed E-state index contributed by atoms with van der Waals surface area (Å²) >= 11 is 8.87. The molecule has 0 radical (unpaired) electrons. The van der Waals surface area contributed by atoms with Crippen LogP contribution in [0.25, 0.3) is 0 Å². The molecule has 1 aromatic rings. The van der Waals surface area contributed by atoms with E-state index in [1.54, 1.807) is 12.1 Å². The van der Waals surface area contributed by atoms with Crippen molar-refractivity contribution in [1.82, 2.24) is 10.6 Å². The van der Waals surface area contributed by atoms with Crippen LogP contribution >= 0.6 is 28.1 Å². The van der Waals surface area contributed by atoms with Gasteiger partial charge < -0.3 is 10.1 Å². The van der Waals surface area contributed by atoms with Crippen molar-refractivity contribution in [2.24, 2.45) is 17.3 Å². The smallest absolute Gasteiger partial charge is 0.257 e. The van der Waals surface area contributed by atoms with Gasteiger partial charge in [0.15, 0.2) is 5.11 Å². The van der Waals surface area contributed by atoms with Gasteiger partial charge >= 0.3 is 0 Å². The van der Waals surface area contributed by atoms with Gasteiger partial charge in [0.25, 0.3) is 5.91 Å². The highest BCUT2D eigenvalue weighted by molar-refractivity contribution is 9.10. The highest BCUT2D eigenvalue weighted by Gasteiger charge is 2.29. The Hall–Kier alpha value is -1.14. The maximum absolute atomic E-state index is 12.5. The molecule has 0 aromatic heterocycles. The van der Waals surface area contributed by atoms with Crippen molar-refractivity contribution < 1.29 is 9.53 Å². The number of rotatable bonds is 6. The zero-order chi connectivity index (χ0) is 21.6. The molecule has 2 rings (SSSR count). The predicted octanol–water partition coefficient (Wildman–Crippen LogP) is 6.08. The van der Waals surface area contributed by atoms with Gasteiger partial charge in [-0.05, 0) is 95.7 Å². The van der Waals surface area contributed by atoms with Crippen LogP contribution in [0.4, 0.5) is 0 Å². The lowest BCUT2D eigenvalue weighted by atomic mass is 9.71. The molecular formula is C23H35BrN2O2S. The van der Waals surface area contributed by atoms with Gasteiger partial charge in [-0.1, -0.05) is 34.6 Å². The topological polar surface area (TPSA) is 50.4 Å². The van der Waals surface area contributed by atoms with Crippen LogP contribution in [-0.4, -0.2) is 23.7 Å². The lowest BCUT2D eigenvalue weighted by molar-refractivity contribution is 0.0976. The molecule has 1 saturated carbocycles. The van der Waals surface area contributed by atoms with Crippen LogP contribution in [0.3, 0.4) is 0 Å². The minimum absolute atomic E-state index is 0.208. The number of nitrogens with one attached hydrogen (secondary N) is 2. The zero-order valence-electron chi connectivity index (χ0n) is 18.3. The quantitative estimate of drug-likeness (QED) is 0.482. The molecule has 2 N–H and O–H groups in total. The number of thiocarbonyl (C=S) groups is 1. The van der Waals surface area contributed by atoms with Gasteiger partial charge in [0, 0.05) is 11.6 Å². The van der Waals surface area contributed by atoms with Crippen LogP contribution < -0.4 is 15.4 Å². The fraction of sp³-hybridized carbons (Fsp3) is 0.652. The molecule has 0 saturated heterocycles. The minimum atomic E-state index is -0.208.